The molecule has 5 nitrogen and oxygen atoms in total. The summed E-state index contributed by atoms with van der Waals surface area (Å²) in [6, 6.07) is 7.44. The third-order valence-corrected chi connectivity index (χ3v) is 6.95. The first kappa shape index (κ1) is 17.7. The van der Waals surface area contributed by atoms with E-state index < -0.39 is 0 Å². The number of carbonyl (C=O) groups excluding carboxylic acids is 2. The van der Waals surface area contributed by atoms with Gasteiger partial charge >= 0.3 is 6.03 Å². The molecule has 1 heterocycles. The lowest BCUT2D eigenvalue weighted by Gasteiger charge is -2.26. The van der Waals surface area contributed by atoms with Crippen LogP contribution in [0, 0.1) is 5.41 Å². The number of nitrogens with zero attached hydrogens (tertiary/aromatic N) is 1. The second-order valence-corrected chi connectivity index (χ2v) is 8.99. The highest BCUT2D eigenvalue weighted by Gasteiger charge is 2.54. The number of rotatable bonds is 3. The molecule has 4 rings (SSSR count). The van der Waals surface area contributed by atoms with Crippen molar-refractivity contribution in [2.75, 3.05) is 29.9 Å². The van der Waals surface area contributed by atoms with E-state index in [-0.39, 0.29) is 11.9 Å². The van der Waals surface area contributed by atoms with Gasteiger partial charge in [-0.3, -0.25) is 4.79 Å². The van der Waals surface area contributed by atoms with Crippen LogP contribution in [0.25, 0.3) is 0 Å². The van der Waals surface area contributed by atoms with Gasteiger partial charge in [0.1, 0.15) is 0 Å². The van der Waals surface area contributed by atoms with Crippen molar-refractivity contribution in [2.45, 2.75) is 44.6 Å². The quantitative estimate of drug-likeness (QED) is 0.849. The molecule has 6 heteroatoms. The van der Waals surface area contributed by atoms with E-state index in [1.54, 1.807) is 6.07 Å². The first-order valence-electron chi connectivity index (χ1n) is 9.71. The van der Waals surface area contributed by atoms with Crippen LogP contribution < -0.4 is 10.6 Å². The average molecular weight is 374 g/mol. The normalized spacial score (nSPS) is 24.2. The fourth-order valence-electron chi connectivity index (χ4n) is 4.36. The van der Waals surface area contributed by atoms with E-state index in [0.717, 1.165) is 31.0 Å². The minimum absolute atomic E-state index is 0.0534. The fourth-order valence-corrected chi connectivity index (χ4v) is 5.27. The van der Waals surface area contributed by atoms with Crippen molar-refractivity contribution < 1.29 is 9.59 Å². The Morgan fingerprint density at radius 1 is 1.12 bits per heavy atom. The van der Waals surface area contributed by atoms with E-state index in [1.165, 1.54) is 32.1 Å². The Balaban J connectivity index is 1.33. The van der Waals surface area contributed by atoms with Gasteiger partial charge in [0.25, 0.3) is 5.91 Å². The van der Waals surface area contributed by atoms with Crippen molar-refractivity contribution in [3.05, 3.63) is 29.8 Å². The SMILES string of the molecule is O=C(Nc1cccc(C(=O)N2CCSCC2)c1)NC1CC12CCCCC2. The zero-order valence-corrected chi connectivity index (χ0v) is 15.9. The van der Waals surface area contributed by atoms with Gasteiger partial charge in [-0.25, -0.2) is 4.79 Å². The molecule has 1 aromatic rings. The number of amides is 3. The smallest absolute Gasteiger partial charge is 0.319 e. The minimum Gasteiger partial charge on any atom is -0.337 e. The van der Waals surface area contributed by atoms with Gasteiger partial charge in [0.15, 0.2) is 0 Å². The fraction of sp³-hybridized carbons (Fsp3) is 0.600. The van der Waals surface area contributed by atoms with Crippen molar-refractivity contribution in [3.8, 4) is 0 Å². The molecule has 0 radical (unpaired) electrons. The zero-order chi connectivity index (χ0) is 18.0. The number of benzene rings is 1. The van der Waals surface area contributed by atoms with Gasteiger partial charge in [0, 0.05) is 41.9 Å². The summed E-state index contributed by atoms with van der Waals surface area (Å²) in [6.07, 6.45) is 7.52. The van der Waals surface area contributed by atoms with Crippen LogP contribution in [0.3, 0.4) is 0 Å². The van der Waals surface area contributed by atoms with E-state index in [0.29, 0.717) is 22.7 Å². The molecule has 3 fully saturated rings. The molecule has 2 saturated carbocycles. The summed E-state index contributed by atoms with van der Waals surface area (Å²) in [5.41, 5.74) is 1.70. The van der Waals surface area contributed by atoms with Gasteiger partial charge in [0.05, 0.1) is 0 Å². The summed E-state index contributed by atoms with van der Waals surface area (Å²) >= 11 is 1.88. The lowest BCUT2D eigenvalue weighted by molar-refractivity contribution is 0.0772. The maximum atomic E-state index is 12.6. The first-order chi connectivity index (χ1) is 12.7. The van der Waals surface area contributed by atoms with E-state index in [2.05, 4.69) is 10.6 Å². The number of urea groups is 1. The Morgan fingerprint density at radius 2 is 1.88 bits per heavy atom. The van der Waals surface area contributed by atoms with E-state index >= 15 is 0 Å². The maximum Gasteiger partial charge on any atom is 0.319 e. The Kier molecular flexibility index (Phi) is 5.11. The van der Waals surface area contributed by atoms with Crippen LogP contribution in [-0.4, -0.2) is 47.5 Å². The number of hydrogen-bond acceptors (Lipinski definition) is 3. The number of nitrogens with one attached hydrogen (secondary N) is 2. The van der Waals surface area contributed by atoms with Crippen LogP contribution in [0.5, 0.6) is 0 Å². The predicted octanol–water partition coefficient (Wildman–Crippen LogP) is 3.72. The summed E-state index contributed by atoms with van der Waals surface area (Å²) in [5, 5.41) is 6.04. The molecule has 1 spiro atoms. The molecule has 3 amide bonds. The predicted molar refractivity (Wildman–Crippen MR) is 106 cm³/mol. The lowest BCUT2D eigenvalue weighted by atomic mass is 9.86. The van der Waals surface area contributed by atoms with Gasteiger partial charge in [-0.05, 0) is 42.9 Å². The summed E-state index contributed by atoms with van der Waals surface area (Å²) in [4.78, 5) is 26.9. The molecule has 26 heavy (non-hydrogen) atoms. The molecular weight excluding hydrogens is 346 g/mol. The van der Waals surface area contributed by atoms with Crippen LogP contribution >= 0.6 is 11.8 Å². The number of carbonyl (C=O) groups is 2. The molecule has 1 aliphatic heterocycles. The third kappa shape index (κ3) is 3.85. The molecule has 140 valence electrons. The van der Waals surface area contributed by atoms with Crippen LogP contribution in [-0.2, 0) is 0 Å². The van der Waals surface area contributed by atoms with Crippen molar-refractivity contribution in [3.63, 3.8) is 0 Å². The van der Waals surface area contributed by atoms with Gasteiger partial charge in [0.2, 0.25) is 0 Å². The van der Waals surface area contributed by atoms with Crippen LogP contribution in [0.1, 0.15) is 48.9 Å². The molecule has 1 atom stereocenters. The Labute approximate surface area is 159 Å². The summed E-state index contributed by atoms with van der Waals surface area (Å²) < 4.78 is 0. The van der Waals surface area contributed by atoms with Crippen molar-refractivity contribution in [1.29, 1.82) is 0 Å². The van der Waals surface area contributed by atoms with Gasteiger partial charge in [-0.1, -0.05) is 25.3 Å². The lowest BCUT2D eigenvalue weighted by Crippen LogP contribution is -2.38. The second-order valence-electron chi connectivity index (χ2n) is 7.76. The third-order valence-electron chi connectivity index (χ3n) is 6.01. The van der Waals surface area contributed by atoms with Crippen LogP contribution in [0.4, 0.5) is 10.5 Å². The van der Waals surface area contributed by atoms with Gasteiger partial charge in [-0.2, -0.15) is 11.8 Å². The molecule has 0 aromatic heterocycles. The standard InChI is InChI=1S/C20H27N3O2S/c24-18(23-9-11-26-12-10-23)15-5-4-6-16(13-15)21-19(25)22-17-14-20(17)7-2-1-3-8-20/h4-6,13,17H,1-3,7-12,14H2,(H2,21,22,25). The molecule has 2 aliphatic carbocycles. The van der Waals surface area contributed by atoms with E-state index in [4.69, 9.17) is 0 Å². The van der Waals surface area contributed by atoms with Crippen molar-refractivity contribution >= 4 is 29.4 Å². The Hall–Kier alpha value is -1.69. The first-order valence-corrected chi connectivity index (χ1v) is 10.9. The number of anilines is 1. The molecular formula is C20H27N3O2S. The van der Waals surface area contributed by atoms with Crippen molar-refractivity contribution in [2.24, 2.45) is 5.41 Å². The largest absolute Gasteiger partial charge is 0.337 e. The molecule has 2 N–H and O–H groups in total. The van der Waals surface area contributed by atoms with E-state index in [9.17, 15) is 9.59 Å². The highest BCUT2D eigenvalue weighted by Crippen LogP contribution is 2.56. The van der Waals surface area contributed by atoms with Crippen LogP contribution in [0.2, 0.25) is 0 Å². The Morgan fingerprint density at radius 3 is 2.65 bits per heavy atom. The van der Waals surface area contributed by atoms with Crippen molar-refractivity contribution in [1.82, 2.24) is 10.2 Å². The zero-order valence-electron chi connectivity index (χ0n) is 15.1. The van der Waals surface area contributed by atoms with E-state index in [1.807, 2.05) is 34.9 Å². The monoisotopic (exact) mass is 373 g/mol. The molecule has 1 saturated heterocycles. The second kappa shape index (κ2) is 7.51. The highest BCUT2D eigenvalue weighted by atomic mass is 32.2. The summed E-state index contributed by atoms with van der Waals surface area (Å²) in [6.45, 7) is 1.59. The van der Waals surface area contributed by atoms with Gasteiger partial charge in [-0.15, -0.1) is 0 Å². The average Bonchev–Trinajstić information content (AvgIpc) is 3.32. The minimum atomic E-state index is -0.156. The molecule has 3 aliphatic rings. The number of thioether (sulfide) groups is 1. The number of hydrogen-bond donors (Lipinski definition) is 2. The molecule has 0 bridgehead atoms. The molecule has 1 unspecified atom stereocenters. The Bertz CT molecular complexity index is 681. The van der Waals surface area contributed by atoms with Crippen LogP contribution in [0.15, 0.2) is 24.3 Å². The summed E-state index contributed by atoms with van der Waals surface area (Å²) in [7, 11) is 0. The molecule has 1 aromatic carbocycles. The maximum absolute atomic E-state index is 12.6. The highest BCUT2D eigenvalue weighted by molar-refractivity contribution is 7.99. The topological polar surface area (TPSA) is 61.4 Å². The van der Waals surface area contributed by atoms with Gasteiger partial charge < -0.3 is 15.5 Å². The summed E-state index contributed by atoms with van der Waals surface area (Å²) in [5.74, 6) is 2.04.